The van der Waals surface area contributed by atoms with E-state index in [0.29, 0.717) is 28.0 Å². The normalized spacial score (nSPS) is 12.7. The van der Waals surface area contributed by atoms with E-state index in [1.807, 2.05) is 0 Å². The highest BCUT2D eigenvalue weighted by atomic mass is 16.7. The largest absolute Gasteiger partial charge is 0.493 e. The number of nitrogens with two attached hydrogens (primary N) is 1. The van der Waals surface area contributed by atoms with Gasteiger partial charge in [0.05, 0.1) is 5.52 Å². The van der Waals surface area contributed by atoms with Crippen molar-refractivity contribution in [2.45, 2.75) is 0 Å². The van der Waals surface area contributed by atoms with Crippen molar-refractivity contribution in [3.05, 3.63) is 48.2 Å². The molecule has 34 heavy (non-hydrogen) atoms. The Kier molecular flexibility index (Phi) is 4.23. The number of aromatic amines is 1. The van der Waals surface area contributed by atoms with Crippen molar-refractivity contribution >= 4 is 28.3 Å². The van der Waals surface area contributed by atoms with Crippen LogP contribution >= 0.6 is 0 Å². The maximum Gasteiger partial charge on any atom is 0.318 e. The smallest absolute Gasteiger partial charge is 0.318 e. The number of rotatable bonds is 4. The second kappa shape index (κ2) is 7.40. The minimum Gasteiger partial charge on any atom is -0.493 e. The van der Waals surface area contributed by atoms with Gasteiger partial charge in [-0.3, -0.25) is 4.79 Å². The van der Waals surface area contributed by atoms with Gasteiger partial charge >= 0.3 is 5.91 Å². The lowest BCUT2D eigenvalue weighted by molar-refractivity contribution is 0.0991. The number of anilines is 1. The van der Waals surface area contributed by atoms with Gasteiger partial charge in [-0.1, -0.05) is 23.4 Å². The Morgan fingerprint density at radius 2 is 2.00 bits per heavy atom. The third-order valence-corrected chi connectivity index (χ3v) is 5.12. The molecule has 3 aromatic heterocycles. The van der Waals surface area contributed by atoms with Gasteiger partial charge < -0.3 is 25.3 Å². The van der Waals surface area contributed by atoms with Crippen molar-refractivity contribution in [2.24, 2.45) is 10.2 Å². The molecule has 14 nitrogen and oxygen atoms in total. The molecule has 0 saturated heterocycles. The fourth-order valence-electron chi connectivity index (χ4n) is 3.57. The molecule has 0 fully saturated rings. The summed E-state index contributed by atoms with van der Waals surface area (Å²) in [5.74, 6) is -0.0489. The van der Waals surface area contributed by atoms with Crippen molar-refractivity contribution in [3.8, 4) is 34.5 Å². The molecule has 1 aliphatic rings. The Morgan fingerprint density at radius 1 is 1.15 bits per heavy atom. The van der Waals surface area contributed by atoms with Crippen molar-refractivity contribution in [2.75, 3.05) is 12.5 Å². The van der Waals surface area contributed by atoms with Crippen LogP contribution in [0.3, 0.4) is 0 Å². The second-order valence-corrected chi connectivity index (χ2v) is 7.11. The van der Waals surface area contributed by atoms with E-state index in [4.69, 9.17) is 15.2 Å². The Morgan fingerprint density at radius 3 is 2.85 bits per heavy atom. The van der Waals surface area contributed by atoms with E-state index in [-0.39, 0.29) is 41.4 Å². The number of amides is 1. The summed E-state index contributed by atoms with van der Waals surface area (Å²) in [6.07, 6.45) is 0. The molecule has 0 unspecified atom stereocenters. The summed E-state index contributed by atoms with van der Waals surface area (Å²) in [5.41, 5.74) is 7.13. The van der Waals surface area contributed by atoms with Crippen LogP contribution in [0.4, 0.5) is 11.5 Å². The van der Waals surface area contributed by atoms with Crippen LogP contribution in [0, 0.1) is 0 Å². The Balaban J connectivity index is 1.45. The highest BCUT2D eigenvalue weighted by Crippen LogP contribution is 2.38. The average Bonchev–Trinajstić information content (AvgIpc) is 3.62. The molecule has 1 amide bonds. The fraction of sp³-hybridized carbons (Fsp3) is 0.0500. The average molecular weight is 459 g/mol. The van der Waals surface area contributed by atoms with Gasteiger partial charge in [-0.25, -0.2) is 4.63 Å². The number of azo groups is 1. The van der Waals surface area contributed by atoms with E-state index in [1.165, 1.54) is 4.68 Å². The molecule has 0 atom stereocenters. The second-order valence-electron chi connectivity index (χ2n) is 7.11. The summed E-state index contributed by atoms with van der Waals surface area (Å²) in [7, 11) is 0. The number of nitrogens with zero attached hydrogens (tertiary/aromatic N) is 7. The molecule has 0 spiro atoms. The van der Waals surface area contributed by atoms with Crippen molar-refractivity contribution < 1.29 is 24.0 Å². The number of hydrogen-bond acceptors (Lipinski definition) is 11. The molecule has 14 heteroatoms. The summed E-state index contributed by atoms with van der Waals surface area (Å²) in [6.45, 7) is 0.0740. The Labute approximate surface area is 188 Å². The van der Waals surface area contributed by atoms with Gasteiger partial charge in [0.1, 0.15) is 5.69 Å². The predicted molar refractivity (Wildman–Crippen MR) is 114 cm³/mol. The third-order valence-electron chi connectivity index (χ3n) is 5.12. The zero-order valence-electron chi connectivity index (χ0n) is 17.0. The van der Waals surface area contributed by atoms with E-state index in [2.05, 4.69) is 40.5 Å². The number of fused-ring (bicyclic) bond motifs is 2. The number of ether oxygens (including phenoxy) is 2. The number of aromatic nitrogens is 6. The molecule has 0 aliphatic carbocycles. The molecular formula is C20H13N9O5. The maximum absolute atomic E-state index is 13.1. The summed E-state index contributed by atoms with van der Waals surface area (Å²) in [5, 5.41) is 33.8. The number of nitrogens with one attached hydrogen (secondary N) is 1. The third kappa shape index (κ3) is 3.01. The first-order valence-electron chi connectivity index (χ1n) is 9.80. The van der Waals surface area contributed by atoms with Crippen LogP contribution in [0.2, 0.25) is 0 Å². The summed E-state index contributed by atoms with van der Waals surface area (Å²) in [4.78, 5) is 15.8. The zero-order chi connectivity index (χ0) is 23.2. The molecule has 6 rings (SSSR count). The van der Waals surface area contributed by atoms with Crippen LogP contribution in [0.25, 0.3) is 28.0 Å². The van der Waals surface area contributed by atoms with E-state index in [0.717, 1.165) is 0 Å². The highest BCUT2D eigenvalue weighted by molar-refractivity contribution is 6.00. The van der Waals surface area contributed by atoms with Crippen LogP contribution < -0.4 is 15.2 Å². The van der Waals surface area contributed by atoms with Gasteiger partial charge in [-0.2, -0.15) is 4.68 Å². The number of carbonyl (C=O) groups is 1. The highest BCUT2D eigenvalue weighted by Gasteiger charge is 2.27. The van der Waals surface area contributed by atoms with Crippen molar-refractivity contribution in [1.82, 2.24) is 30.3 Å². The minimum absolute atomic E-state index is 0.0328. The number of para-hydroxylation sites is 1. The zero-order valence-corrected chi connectivity index (χ0v) is 17.0. The molecular weight excluding hydrogens is 446 g/mol. The molecule has 0 radical (unpaired) electrons. The van der Waals surface area contributed by atoms with Crippen LogP contribution in [0.15, 0.2) is 57.3 Å². The first kappa shape index (κ1) is 19.4. The van der Waals surface area contributed by atoms with Gasteiger partial charge in [0.2, 0.25) is 24.3 Å². The van der Waals surface area contributed by atoms with E-state index >= 15 is 0 Å². The Hall–Kier alpha value is -5.27. The number of nitrogen functional groups attached to an aromatic ring is 1. The fourth-order valence-corrected chi connectivity index (χ4v) is 3.57. The quantitative estimate of drug-likeness (QED) is 0.336. The van der Waals surface area contributed by atoms with Gasteiger partial charge in [-0.05, 0) is 34.6 Å². The van der Waals surface area contributed by atoms with Crippen LogP contribution in [-0.2, 0) is 0 Å². The van der Waals surface area contributed by atoms with E-state index in [9.17, 15) is 9.90 Å². The number of hydrogen-bond donors (Lipinski definition) is 3. The molecule has 0 saturated carbocycles. The van der Waals surface area contributed by atoms with Crippen molar-refractivity contribution in [3.63, 3.8) is 0 Å². The topological polar surface area (TPSA) is 192 Å². The Bertz CT molecular complexity index is 1600. The SMILES string of the molecule is Nc1nonc1-n1nnc(C(=O)N=Nc2c(O)[nH]c3ccccc23)c1-c1ccc2c(c1)OCO2. The van der Waals surface area contributed by atoms with Gasteiger partial charge in [0.25, 0.3) is 0 Å². The first-order chi connectivity index (χ1) is 16.6. The monoisotopic (exact) mass is 459 g/mol. The van der Waals surface area contributed by atoms with Gasteiger partial charge in [-0.15, -0.1) is 15.3 Å². The number of aromatic hydroxyl groups is 1. The summed E-state index contributed by atoms with van der Waals surface area (Å²) < 4.78 is 16.7. The van der Waals surface area contributed by atoms with Crippen LogP contribution in [0.1, 0.15) is 10.5 Å². The minimum atomic E-state index is -0.821. The molecule has 168 valence electrons. The summed E-state index contributed by atoms with van der Waals surface area (Å²) in [6, 6.07) is 12.1. The van der Waals surface area contributed by atoms with Crippen molar-refractivity contribution in [1.29, 1.82) is 0 Å². The molecule has 2 aromatic carbocycles. The lowest BCUT2D eigenvalue weighted by Crippen LogP contribution is -2.05. The first-order valence-corrected chi connectivity index (χ1v) is 9.80. The van der Waals surface area contributed by atoms with Crippen LogP contribution in [-0.4, -0.2) is 48.1 Å². The summed E-state index contributed by atoms with van der Waals surface area (Å²) >= 11 is 0. The molecule has 0 bridgehead atoms. The van der Waals surface area contributed by atoms with E-state index in [1.54, 1.807) is 42.5 Å². The number of H-pyrrole nitrogens is 1. The van der Waals surface area contributed by atoms with Gasteiger partial charge in [0.15, 0.2) is 22.9 Å². The lowest BCUT2D eigenvalue weighted by Gasteiger charge is -2.06. The molecule has 4 heterocycles. The lowest BCUT2D eigenvalue weighted by atomic mass is 10.1. The molecule has 4 N–H and O–H groups in total. The molecule has 5 aromatic rings. The number of benzene rings is 2. The standard InChI is InChI=1S/C20H13N9O5/c21-17-18(27-34-26-17)29-16(9-5-6-12-13(7-9)33-8-32-12)15(24-28-29)20(31)25-23-14-10-3-1-2-4-11(10)22-19(14)30/h1-7,22,30H,8H2,(H2,21,26). The van der Waals surface area contributed by atoms with Crippen LogP contribution in [0.5, 0.6) is 17.4 Å². The predicted octanol–water partition coefficient (Wildman–Crippen LogP) is 2.74. The maximum atomic E-state index is 13.1. The van der Waals surface area contributed by atoms with Gasteiger partial charge in [0, 0.05) is 10.9 Å². The van der Waals surface area contributed by atoms with E-state index < -0.39 is 5.91 Å². The number of carbonyl (C=O) groups excluding carboxylic acids is 1. The molecule has 1 aliphatic heterocycles.